The molecule has 0 radical (unpaired) electrons. The third kappa shape index (κ3) is 6.31. The summed E-state index contributed by atoms with van der Waals surface area (Å²) in [5.74, 6) is 2.96. The summed E-state index contributed by atoms with van der Waals surface area (Å²) in [6.45, 7) is 10.2. The quantitative estimate of drug-likeness (QED) is 0.110. The minimum absolute atomic E-state index is 0.599. The van der Waals surface area contributed by atoms with Gasteiger partial charge < -0.3 is 4.52 Å². The lowest BCUT2D eigenvalue weighted by atomic mass is 9.79. The Balaban J connectivity index is 1.33. The Labute approximate surface area is 260 Å². The van der Waals surface area contributed by atoms with E-state index in [-0.39, 0.29) is 0 Å². The molecule has 4 aromatic carbocycles. The Kier molecular flexibility index (Phi) is 9.31. The largest absolute Gasteiger partial charge is 0.452 e. The number of hydrogen-bond donors (Lipinski definition) is 0. The zero-order valence-corrected chi connectivity index (χ0v) is 27.4. The molecule has 1 aromatic heterocycles. The molecule has 4 atom stereocenters. The average molecular weight is 611 g/mol. The van der Waals surface area contributed by atoms with Crippen molar-refractivity contribution in [2.75, 3.05) is 0 Å². The fourth-order valence-electron chi connectivity index (χ4n) is 5.67. The van der Waals surface area contributed by atoms with E-state index < -0.39 is 8.30 Å². The van der Waals surface area contributed by atoms with Crippen LogP contribution >= 0.6 is 31.6 Å². The van der Waals surface area contributed by atoms with Crippen molar-refractivity contribution in [2.45, 2.75) is 63.8 Å². The van der Waals surface area contributed by atoms with Crippen LogP contribution in [0, 0.1) is 11.8 Å². The van der Waals surface area contributed by atoms with Crippen LogP contribution in [-0.2, 0) is 6.54 Å². The van der Waals surface area contributed by atoms with Crippen molar-refractivity contribution < 1.29 is 4.52 Å². The average Bonchev–Trinajstić information content (AvgIpc) is 3.45. The van der Waals surface area contributed by atoms with E-state index in [1.807, 2.05) is 0 Å². The molecule has 3 nitrogen and oxygen atoms in total. The first-order valence-corrected chi connectivity index (χ1v) is 17.9. The summed E-state index contributed by atoms with van der Waals surface area (Å²) >= 11 is 3.48. The van der Waals surface area contributed by atoms with Crippen LogP contribution in [0.4, 0.5) is 0 Å². The molecular formula is C36H39N2OPS2. The van der Waals surface area contributed by atoms with Crippen molar-refractivity contribution in [2.24, 2.45) is 11.8 Å². The molecule has 6 heteroatoms. The van der Waals surface area contributed by atoms with E-state index in [1.54, 1.807) is 23.3 Å². The third-order valence-corrected chi connectivity index (χ3v) is 12.8. The number of nitrogens with zero attached hydrogens (tertiary/aromatic N) is 2. The van der Waals surface area contributed by atoms with Crippen LogP contribution in [-0.4, -0.2) is 9.06 Å². The SMILES string of the molecule is CCC(C)CC(c1ccc(CN(Sc2nc3ccccc3s2)P2Oc3ccccc3-c3ccccc32)cc1)C(C)CC. The second-order valence-electron chi connectivity index (χ2n) is 11.4. The first-order chi connectivity index (χ1) is 20.5. The van der Waals surface area contributed by atoms with Crippen molar-refractivity contribution in [3.05, 3.63) is 108 Å². The molecule has 1 aliphatic heterocycles. The number of thiazole rings is 1. The number of rotatable bonds is 11. The van der Waals surface area contributed by atoms with Gasteiger partial charge in [-0.3, -0.25) is 0 Å². The summed E-state index contributed by atoms with van der Waals surface area (Å²) in [5, 5.41) is 1.25. The molecule has 0 bridgehead atoms. The highest BCUT2D eigenvalue weighted by atomic mass is 32.2. The van der Waals surface area contributed by atoms with Crippen LogP contribution in [0.3, 0.4) is 0 Å². The number of hydrogen-bond acceptors (Lipinski definition) is 5. The maximum Gasteiger partial charge on any atom is 0.208 e. The van der Waals surface area contributed by atoms with Crippen molar-refractivity contribution in [3.63, 3.8) is 0 Å². The zero-order valence-electron chi connectivity index (χ0n) is 24.9. The van der Waals surface area contributed by atoms with E-state index >= 15 is 0 Å². The number of para-hydroxylation sites is 2. The lowest BCUT2D eigenvalue weighted by Crippen LogP contribution is -2.24. The highest BCUT2D eigenvalue weighted by Crippen LogP contribution is 2.55. The van der Waals surface area contributed by atoms with Gasteiger partial charge >= 0.3 is 0 Å². The predicted octanol–water partition coefficient (Wildman–Crippen LogP) is 11.1. The Morgan fingerprint density at radius 2 is 1.55 bits per heavy atom. The van der Waals surface area contributed by atoms with Gasteiger partial charge in [-0.1, -0.05) is 113 Å². The molecule has 0 fully saturated rings. The van der Waals surface area contributed by atoms with Crippen LogP contribution in [0.5, 0.6) is 5.75 Å². The molecule has 0 saturated heterocycles. The smallest absolute Gasteiger partial charge is 0.208 e. The summed E-state index contributed by atoms with van der Waals surface area (Å²) in [6, 6.07) is 35.0. The minimum atomic E-state index is -1.10. The van der Waals surface area contributed by atoms with Gasteiger partial charge in [-0.2, -0.15) is 4.08 Å². The van der Waals surface area contributed by atoms with Gasteiger partial charge in [0.05, 0.1) is 10.2 Å². The van der Waals surface area contributed by atoms with Crippen LogP contribution in [0.25, 0.3) is 21.3 Å². The van der Waals surface area contributed by atoms with Gasteiger partial charge in [-0.05, 0) is 77.1 Å². The Morgan fingerprint density at radius 3 is 2.31 bits per heavy atom. The van der Waals surface area contributed by atoms with Gasteiger partial charge in [-0.25, -0.2) is 4.98 Å². The topological polar surface area (TPSA) is 25.4 Å². The second kappa shape index (κ2) is 13.3. The third-order valence-electron chi connectivity index (χ3n) is 8.54. The van der Waals surface area contributed by atoms with Gasteiger partial charge in [0.25, 0.3) is 0 Å². The summed E-state index contributed by atoms with van der Waals surface area (Å²) in [4.78, 5) is 4.99. The lowest BCUT2D eigenvalue weighted by Gasteiger charge is -2.34. The fourth-order valence-corrected chi connectivity index (χ4v) is 10.3. The number of aromatic nitrogens is 1. The first kappa shape index (κ1) is 29.4. The van der Waals surface area contributed by atoms with Crippen molar-refractivity contribution in [1.29, 1.82) is 0 Å². The van der Waals surface area contributed by atoms with Gasteiger partial charge in [-0.15, -0.1) is 11.3 Å². The molecule has 4 unspecified atom stereocenters. The molecule has 0 N–H and O–H groups in total. The van der Waals surface area contributed by atoms with Gasteiger partial charge in [0, 0.05) is 17.4 Å². The van der Waals surface area contributed by atoms with E-state index in [9.17, 15) is 0 Å². The molecule has 6 rings (SSSR count). The van der Waals surface area contributed by atoms with Gasteiger partial charge in [0.2, 0.25) is 8.30 Å². The molecule has 0 amide bonds. The molecule has 5 aromatic rings. The monoisotopic (exact) mass is 610 g/mol. The normalized spacial score (nSPS) is 16.5. The first-order valence-electron chi connectivity index (χ1n) is 15.1. The Hall–Kier alpha value is -2.69. The molecule has 1 aliphatic rings. The van der Waals surface area contributed by atoms with Crippen LogP contribution in [0.1, 0.15) is 64.0 Å². The van der Waals surface area contributed by atoms with E-state index in [4.69, 9.17) is 9.51 Å². The van der Waals surface area contributed by atoms with E-state index in [0.29, 0.717) is 11.8 Å². The maximum absolute atomic E-state index is 6.85. The fraction of sp³-hybridized carbons (Fsp3) is 0.306. The summed E-state index contributed by atoms with van der Waals surface area (Å²) in [5.41, 5.74) is 6.24. The van der Waals surface area contributed by atoms with Crippen molar-refractivity contribution >= 4 is 47.1 Å². The zero-order chi connectivity index (χ0) is 29.1. The molecule has 42 heavy (non-hydrogen) atoms. The minimum Gasteiger partial charge on any atom is -0.452 e. The van der Waals surface area contributed by atoms with Gasteiger partial charge in [0.1, 0.15) is 5.75 Å². The summed E-state index contributed by atoms with van der Waals surface area (Å²) in [7, 11) is -1.10. The Bertz CT molecular complexity index is 1600. The van der Waals surface area contributed by atoms with E-state index in [0.717, 1.165) is 28.1 Å². The molecule has 2 heterocycles. The van der Waals surface area contributed by atoms with E-state index in [1.165, 1.54) is 51.5 Å². The standard InChI is InChI=1S/C36H39N2OPS2/c1-5-25(3)23-31(26(4)6-2)28-21-19-27(20-22-28)24-38(42-36-37-32-15-9-12-18-35(32)41-36)40-34-17-11-8-14-30(34)29-13-7-10-16-33(29)39-40/h7-22,25-26,31H,5-6,23-24H2,1-4H3. The molecule has 0 saturated carbocycles. The van der Waals surface area contributed by atoms with Crippen LogP contribution < -0.4 is 9.83 Å². The molecule has 216 valence electrons. The highest BCUT2D eigenvalue weighted by Gasteiger charge is 2.33. The molecule has 0 spiro atoms. The van der Waals surface area contributed by atoms with Gasteiger partial charge in [0.15, 0.2) is 4.34 Å². The van der Waals surface area contributed by atoms with Crippen molar-refractivity contribution in [3.8, 4) is 16.9 Å². The van der Waals surface area contributed by atoms with Crippen molar-refractivity contribution in [1.82, 2.24) is 9.06 Å². The second-order valence-corrected chi connectivity index (χ2v) is 15.7. The van der Waals surface area contributed by atoms with Crippen LogP contribution in [0.15, 0.2) is 101 Å². The maximum atomic E-state index is 6.85. The lowest BCUT2D eigenvalue weighted by molar-refractivity contribution is 0.359. The number of fused-ring (bicyclic) bond motifs is 4. The summed E-state index contributed by atoms with van der Waals surface area (Å²) < 4.78 is 11.5. The predicted molar refractivity (Wildman–Crippen MR) is 183 cm³/mol. The Morgan fingerprint density at radius 1 is 0.833 bits per heavy atom. The van der Waals surface area contributed by atoms with E-state index in [2.05, 4.69) is 129 Å². The van der Waals surface area contributed by atoms with Crippen LogP contribution in [0.2, 0.25) is 0 Å². The molecule has 0 aliphatic carbocycles. The highest BCUT2D eigenvalue weighted by molar-refractivity contribution is 8.03. The molecular weight excluding hydrogens is 572 g/mol. The number of benzene rings is 4. The summed E-state index contributed by atoms with van der Waals surface area (Å²) in [6.07, 6.45) is 3.69.